The van der Waals surface area contributed by atoms with Gasteiger partial charge in [-0.25, -0.2) is 9.97 Å². The van der Waals surface area contributed by atoms with Gasteiger partial charge in [-0.2, -0.15) is 0 Å². The third kappa shape index (κ3) is 6.26. The molecule has 0 radical (unpaired) electrons. The zero-order valence-electron chi connectivity index (χ0n) is 27.9. The molecule has 1 amide bonds. The van der Waals surface area contributed by atoms with Crippen LogP contribution in [0, 0.1) is 5.41 Å². The molecule has 0 bridgehead atoms. The number of fused-ring (bicyclic) bond motifs is 1. The fourth-order valence-corrected chi connectivity index (χ4v) is 7.39. The summed E-state index contributed by atoms with van der Waals surface area (Å²) in [6, 6.07) is 6.90. The summed E-state index contributed by atoms with van der Waals surface area (Å²) in [4.78, 5) is 66.6. The molecule has 1 saturated carbocycles. The number of carbonyl (C=O) groups is 3. The van der Waals surface area contributed by atoms with E-state index in [1.54, 1.807) is 44.3 Å². The molecule has 2 aliphatic heterocycles. The van der Waals surface area contributed by atoms with Crippen molar-refractivity contribution in [2.45, 2.75) is 44.7 Å². The number of aryl methyl sites for hydroxylation is 1. The Hall–Kier alpha value is -5.17. The second-order valence-corrected chi connectivity index (χ2v) is 13.4. The van der Waals surface area contributed by atoms with E-state index >= 15 is 0 Å². The van der Waals surface area contributed by atoms with E-state index in [0.717, 1.165) is 72.6 Å². The number of nitrogens with one attached hydrogen (secondary N) is 1. The number of likely N-dealkylation sites (tertiary alicyclic amines) is 1. The predicted molar refractivity (Wildman–Crippen MR) is 182 cm³/mol. The van der Waals surface area contributed by atoms with E-state index in [9.17, 15) is 19.2 Å². The van der Waals surface area contributed by atoms with Crippen molar-refractivity contribution in [3.63, 3.8) is 0 Å². The highest BCUT2D eigenvalue weighted by molar-refractivity contribution is 6.06. The van der Waals surface area contributed by atoms with Gasteiger partial charge in [-0.05, 0) is 61.5 Å². The van der Waals surface area contributed by atoms with Gasteiger partial charge in [0.15, 0.2) is 5.78 Å². The SMILES string of the molecule is COc1cc(-c2cn(C)c(=O)c3cnccc23)cc(OC)c1CN1CCC2(CC1)CN(c1cc(C(=O)NC3CCC(=O)CC3=O)ncn1)C2. The zero-order chi connectivity index (χ0) is 34.3. The highest BCUT2D eigenvalue weighted by Crippen LogP contribution is 2.44. The molecule has 1 aliphatic carbocycles. The molecule has 254 valence electrons. The topological polar surface area (TPSA) is 149 Å². The number of pyridine rings is 2. The van der Waals surface area contributed by atoms with Gasteiger partial charge < -0.3 is 24.3 Å². The Kier molecular flexibility index (Phi) is 8.61. The van der Waals surface area contributed by atoms with Crippen LogP contribution in [0.2, 0.25) is 0 Å². The third-order valence-corrected chi connectivity index (χ3v) is 10.2. The summed E-state index contributed by atoms with van der Waals surface area (Å²) >= 11 is 0. The third-order valence-electron chi connectivity index (χ3n) is 10.2. The normalized spacial score (nSPS) is 19.2. The second kappa shape index (κ2) is 13.0. The van der Waals surface area contributed by atoms with Gasteiger partial charge in [0.2, 0.25) is 0 Å². The van der Waals surface area contributed by atoms with Crippen LogP contribution in [-0.2, 0) is 23.2 Å². The molecule has 3 fully saturated rings. The number of methoxy groups -OCH3 is 2. The Morgan fingerprint density at radius 2 is 1.76 bits per heavy atom. The van der Waals surface area contributed by atoms with Gasteiger partial charge in [-0.1, -0.05) is 0 Å². The summed E-state index contributed by atoms with van der Waals surface area (Å²) in [5, 5.41) is 4.12. The van der Waals surface area contributed by atoms with Crippen LogP contribution in [-0.4, -0.2) is 88.3 Å². The Morgan fingerprint density at radius 3 is 2.45 bits per heavy atom. The summed E-state index contributed by atoms with van der Waals surface area (Å²) in [6.45, 7) is 4.18. The lowest BCUT2D eigenvalue weighted by Crippen LogP contribution is -2.60. The zero-order valence-corrected chi connectivity index (χ0v) is 27.9. The molecule has 1 unspecified atom stereocenters. The van der Waals surface area contributed by atoms with Crippen molar-refractivity contribution in [1.82, 2.24) is 29.7 Å². The number of rotatable bonds is 8. The maximum absolute atomic E-state index is 12.9. The Bertz CT molecular complexity index is 1990. The first-order valence-corrected chi connectivity index (χ1v) is 16.5. The number of piperidine rings is 1. The number of hydrogen-bond donors (Lipinski definition) is 1. The highest BCUT2D eigenvalue weighted by Gasteiger charge is 2.45. The molecule has 1 spiro atoms. The first-order valence-electron chi connectivity index (χ1n) is 16.5. The lowest BCUT2D eigenvalue weighted by molar-refractivity contribution is -0.131. The average molecular weight is 666 g/mol. The van der Waals surface area contributed by atoms with Crippen molar-refractivity contribution in [2.24, 2.45) is 12.5 Å². The number of carbonyl (C=O) groups excluding carboxylic acids is 3. The van der Waals surface area contributed by atoms with Gasteiger partial charge in [-0.15, -0.1) is 0 Å². The van der Waals surface area contributed by atoms with E-state index in [1.165, 1.54) is 6.33 Å². The summed E-state index contributed by atoms with van der Waals surface area (Å²) in [6.07, 6.45) is 9.04. The standard InChI is InChI=1S/C36H39N7O6/c1-41-17-26(24-6-9-37-16-25(24)35(41)47)22-12-31(48-2)27(32(13-22)49-3)18-42-10-7-36(8-11-42)19-43(20-36)33-15-29(38-21-39-33)34(46)40-28-5-4-23(44)14-30(28)45/h6,9,12-13,15-17,21,28H,4-5,7-8,10-11,14,18-20H2,1-3H3,(H,40,46). The maximum Gasteiger partial charge on any atom is 0.270 e. The van der Waals surface area contributed by atoms with Gasteiger partial charge in [0, 0.05) is 68.7 Å². The number of nitrogens with zero attached hydrogens (tertiary/aromatic N) is 6. The highest BCUT2D eigenvalue weighted by atomic mass is 16.5. The van der Waals surface area contributed by atoms with E-state index in [1.807, 2.05) is 24.4 Å². The Morgan fingerprint density at radius 1 is 1.02 bits per heavy atom. The lowest BCUT2D eigenvalue weighted by atomic mass is 9.72. The monoisotopic (exact) mass is 665 g/mol. The van der Waals surface area contributed by atoms with Crippen molar-refractivity contribution in [2.75, 3.05) is 45.3 Å². The second-order valence-electron chi connectivity index (χ2n) is 13.4. The number of Topliss-reactive ketones (excluding diaryl/α,β-unsaturated/α-hetero) is 2. The molecule has 3 aromatic heterocycles. The van der Waals surface area contributed by atoms with E-state index in [2.05, 4.69) is 30.1 Å². The largest absolute Gasteiger partial charge is 0.496 e. The van der Waals surface area contributed by atoms with Crippen LogP contribution in [0.25, 0.3) is 21.9 Å². The van der Waals surface area contributed by atoms with Crippen LogP contribution >= 0.6 is 0 Å². The average Bonchev–Trinajstić information content (AvgIpc) is 3.10. The molecule has 13 heteroatoms. The smallest absolute Gasteiger partial charge is 0.270 e. The molecule has 13 nitrogen and oxygen atoms in total. The molecular weight excluding hydrogens is 626 g/mol. The molecular formula is C36H39N7O6. The van der Waals surface area contributed by atoms with Crippen molar-refractivity contribution in [3.8, 4) is 22.6 Å². The molecule has 4 aromatic rings. The quantitative estimate of drug-likeness (QED) is 0.277. The molecule has 1 atom stereocenters. The molecule has 1 aromatic carbocycles. The molecule has 49 heavy (non-hydrogen) atoms. The summed E-state index contributed by atoms with van der Waals surface area (Å²) < 4.78 is 13.4. The van der Waals surface area contributed by atoms with Gasteiger partial charge in [0.1, 0.15) is 35.1 Å². The number of aromatic nitrogens is 4. The number of amides is 1. The lowest BCUT2D eigenvalue weighted by Gasteiger charge is -2.54. The van der Waals surface area contributed by atoms with Gasteiger partial charge >= 0.3 is 0 Å². The van der Waals surface area contributed by atoms with E-state index in [0.29, 0.717) is 30.6 Å². The molecule has 1 N–H and O–H groups in total. The number of benzene rings is 1. The number of anilines is 1. The minimum atomic E-state index is -0.655. The van der Waals surface area contributed by atoms with E-state index < -0.39 is 11.9 Å². The predicted octanol–water partition coefficient (Wildman–Crippen LogP) is 2.93. The summed E-state index contributed by atoms with van der Waals surface area (Å²) in [7, 11) is 5.07. The fraction of sp³-hybridized carbons (Fsp3) is 0.417. The molecule has 3 aliphatic rings. The number of hydrogen-bond acceptors (Lipinski definition) is 11. The summed E-state index contributed by atoms with van der Waals surface area (Å²) in [5.74, 6) is 1.37. The van der Waals surface area contributed by atoms with Crippen molar-refractivity contribution >= 4 is 34.1 Å². The van der Waals surface area contributed by atoms with Crippen LogP contribution in [0.1, 0.15) is 48.2 Å². The van der Waals surface area contributed by atoms with E-state index in [-0.39, 0.29) is 34.7 Å². The van der Waals surface area contributed by atoms with Gasteiger partial charge in [0.25, 0.3) is 11.5 Å². The van der Waals surface area contributed by atoms with E-state index in [4.69, 9.17) is 9.47 Å². The van der Waals surface area contributed by atoms with Crippen LogP contribution in [0.3, 0.4) is 0 Å². The number of ether oxygens (including phenoxy) is 2. The minimum Gasteiger partial charge on any atom is -0.496 e. The molecule has 2 saturated heterocycles. The number of ketones is 2. The van der Waals surface area contributed by atoms with Crippen molar-refractivity contribution in [3.05, 3.63) is 70.8 Å². The molecule has 7 rings (SSSR count). The van der Waals surface area contributed by atoms with Crippen LogP contribution in [0.15, 0.2) is 54.0 Å². The maximum atomic E-state index is 12.9. The van der Waals surface area contributed by atoms with Crippen LogP contribution in [0.5, 0.6) is 11.5 Å². The van der Waals surface area contributed by atoms with Gasteiger partial charge in [0.05, 0.1) is 37.6 Å². The van der Waals surface area contributed by atoms with Crippen LogP contribution < -0.4 is 25.2 Å². The van der Waals surface area contributed by atoms with Crippen molar-refractivity contribution < 1.29 is 23.9 Å². The fourth-order valence-electron chi connectivity index (χ4n) is 7.39. The Labute approximate surface area is 283 Å². The summed E-state index contributed by atoms with van der Waals surface area (Å²) in [5.41, 5.74) is 3.04. The first kappa shape index (κ1) is 32.4. The van der Waals surface area contributed by atoms with Crippen molar-refractivity contribution in [1.29, 1.82) is 0 Å². The molecule has 5 heterocycles. The first-order chi connectivity index (χ1) is 23.7. The van der Waals surface area contributed by atoms with Gasteiger partial charge in [-0.3, -0.25) is 29.1 Å². The Balaban J connectivity index is 0.999. The minimum absolute atomic E-state index is 0.0858. The van der Waals surface area contributed by atoms with Crippen LogP contribution in [0.4, 0.5) is 5.82 Å².